The van der Waals surface area contributed by atoms with Crippen LogP contribution in [-0.2, 0) is 9.47 Å². The van der Waals surface area contributed by atoms with Crippen LogP contribution < -0.4 is 5.32 Å². The standard InChI is InChI=1S/C19H28N2O4/c1-14-12-15(2-3-18(14)22)19(23)20-7-4-17-13-21(8-11-25-17)16-5-9-24-10-6-16/h2-3,12,16-17,22H,4-11,13H2,1H3,(H,20,23)/t17-/m1/s1. The molecule has 1 atom stereocenters. The van der Waals surface area contributed by atoms with Crippen LogP contribution in [0.4, 0.5) is 0 Å². The summed E-state index contributed by atoms with van der Waals surface area (Å²) in [5.74, 6) is 0.0977. The molecule has 0 saturated carbocycles. The zero-order valence-corrected chi connectivity index (χ0v) is 14.9. The highest BCUT2D eigenvalue weighted by molar-refractivity contribution is 5.94. The number of morpholine rings is 1. The van der Waals surface area contributed by atoms with E-state index in [-0.39, 0.29) is 17.8 Å². The van der Waals surface area contributed by atoms with E-state index in [0.717, 1.165) is 52.2 Å². The summed E-state index contributed by atoms with van der Waals surface area (Å²) < 4.78 is 11.3. The second-order valence-corrected chi connectivity index (χ2v) is 6.88. The van der Waals surface area contributed by atoms with Gasteiger partial charge in [0.2, 0.25) is 0 Å². The molecule has 2 aliphatic rings. The number of aryl methyl sites for hydroxylation is 1. The molecule has 0 aromatic heterocycles. The number of ether oxygens (including phenoxy) is 2. The first kappa shape index (κ1) is 18.2. The Labute approximate surface area is 149 Å². The van der Waals surface area contributed by atoms with E-state index in [9.17, 15) is 9.90 Å². The lowest BCUT2D eigenvalue weighted by atomic mass is 10.0. The molecule has 3 rings (SSSR count). The largest absolute Gasteiger partial charge is 0.508 e. The van der Waals surface area contributed by atoms with Gasteiger partial charge in [-0.3, -0.25) is 9.69 Å². The number of amides is 1. The van der Waals surface area contributed by atoms with E-state index >= 15 is 0 Å². The fraction of sp³-hybridized carbons (Fsp3) is 0.632. The number of carbonyl (C=O) groups is 1. The molecular formula is C19H28N2O4. The van der Waals surface area contributed by atoms with Crippen molar-refractivity contribution >= 4 is 5.91 Å². The molecule has 1 aromatic carbocycles. The first-order valence-electron chi connectivity index (χ1n) is 9.14. The molecule has 2 fully saturated rings. The van der Waals surface area contributed by atoms with Gasteiger partial charge in [-0.05, 0) is 49.9 Å². The second-order valence-electron chi connectivity index (χ2n) is 6.88. The highest BCUT2D eigenvalue weighted by Crippen LogP contribution is 2.19. The Balaban J connectivity index is 1.43. The van der Waals surface area contributed by atoms with Gasteiger partial charge in [0.25, 0.3) is 5.91 Å². The van der Waals surface area contributed by atoms with Crippen LogP contribution in [0.25, 0.3) is 0 Å². The first-order chi connectivity index (χ1) is 12.1. The van der Waals surface area contributed by atoms with E-state index in [4.69, 9.17) is 9.47 Å². The van der Waals surface area contributed by atoms with Crippen LogP contribution in [0.5, 0.6) is 5.75 Å². The zero-order valence-electron chi connectivity index (χ0n) is 14.9. The third kappa shape index (κ3) is 4.93. The highest BCUT2D eigenvalue weighted by Gasteiger charge is 2.27. The third-order valence-corrected chi connectivity index (χ3v) is 5.09. The van der Waals surface area contributed by atoms with Crippen molar-refractivity contribution < 1.29 is 19.4 Å². The van der Waals surface area contributed by atoms with Gasteiger partial charge in [-0.2, -0.15) is 0 Å². The molecular weight excluding hydrogens is 320 g/mol. The van der Waals surface area contributed by atoms with Gasteiger partial charge in [-0.15, -0.1) is 0 Å². The van der Waals surface area contributed by atoms with Crippen LogP contribution in [-0.4, -0.2) is 67.5 Å². The van der Waals surface area contributed by atoms with Crippen molar-refractivity contribution in [2.24, 2.45) is 0 Å². The van der Waals surface area contributed by atoms with Crippen LogP contribution in [0.15, 0.2) is 18.2 Å². The smallest absolute Gasteiger partial charge is 0.251 e. The lowest BCUT2D eigenvalue weighted by Gasteiger charge is -2.39. The van der Waals surface area contributed by atoms with E-state index in [2.05, 4.69) is 10.2 Å². The molecule has 1 amide bonds. The van der Waals surface area contributed by atoms with Crippen molar-refractivity contribution in [3.8, 4) is 5.75 Å². The molecule has 0 radical (unpaired) electrons. The van der Waals surface area contributed by atoms with Crippen LogP contribution in [0.2, 0.25) is 0 Å². The normalized spacial score (nSPS) is 22.7. The minimum atomic E-state index is -0.111. The minimum Gasteiger partial charge on any atom is -0.508 e. The average Bonchev–Trinajstić information content (AvgIpc) is 2.65. The van der Waals surface area contributed by atoms with E-state index in [1.807, 2.05) is 0 Å². The summed E-state index contributed by atoms with van der Waals surface area (Å²) in [7, 11) is 0. The van der Waals surface area contributed by atoms with E-state index in [1.54, 1.807) is 25.1 Å². The number of benzene rings is 1. The Morgan fingerprint density at radius 1 is 1.32 bits per heavy atom. The van der Waals surface area contributed by atoms with Gasteiger partial charge in [0.1, 0.15) is 5.75 Å². The molecule has 1 aromatic rings. The molecule has 0 bridgehead atoms. The Hall–Kier alpha value is -1.63. The summed E-state index contributed by atoms with van der Waals surface area (Å²) in [6, 6.07) is 5.51. The summed E-state index contributed by atoms with van der Waals surface area (Å²) >= 11 is 0. The van der Waals surface area contributed by atoms with Crippen LogP contribution in [0.1, 0.15) is 35.2 Å². The van der Waals surface area contributed by atoms with Crippen molar-refractivity contribution in [2.45, 2.75) is 38.3 Å². The minimum absolute atomic E-state index is 0.111. The van der Waals surface area contributed by atoms with Gasteiger partial charge in [0.15, 0.2) is 0 Å². The quantitative estimate of drug-likeness (QED) is 0.847. The van der Waals surface area contributed by atoms with Crippen LogP contribution in [0, 0.1) is 6.92 Å². The van der Waals surface area contributed by atoms with Gasteiger partial charge >= 0.3 is 0 Å². The number of aromatic hydroxyl groups is 1. The molecule has 25 heavy (non-hydrogen) atoms. The number of carbonyl (C=O) groups excluding carboxylic acids is 1. The maximum Gasteiger partial charge on any atom is 0.251 e. The number of phenols is 1. The van der Waals surface area contributed by atoms with Crippen molar-refractivity contribution in [2.75, 3.05) is 39.5 Å². The molecule has 2 aliphatic heterocycles. The van der Waals surface area contributed by atoms with Crippen LogP contribution >= 0.6 is 0 Å². The lowest BCUT2D eigenvalue weighted by molar-refractivity contribution is -0.0636. The first-order valence-corrected chi connectivity index (χ1v) is 9.14. The maximum absolute atomic E-state index is 12.2. The molecule has 2 heterocycles. The summed E-state index contributed by atoms with van der Waals surface area (Å²) in [5, 5.41) is 12.5. The SMILES string of the molecule is Cc1cc(C(=O)NCC[C@@H]2CN(C3CCOCC3)CCO2)ccc1O. The maximum atomic E-state index is 12.2. The fourth-order valence-corrected chi connectivity index (χ4v) is 3.54. The molecule has 0 spiro atoms. The number of rotatable bonds is 5. The third-order valence-electron chi connectivity index (χ3n) is 5.09. The van der Waals surface area contributed by atoms with E-state index < -0.39 is 0 Å². The van der Waals surface area contributed by atoms with Gasteiger partial charge in [-0.25, -0.2) is 0 Å². The van der Waals surface area contributed by atoms with Gasteiger partial charge in [0.05, 0.1) is 12.7 Å². The Bertz CT molecular complexity index is 587. The molecule has 6 heteroatoms. The zero-order chi connectivity index (χ0) is 17.6. The lowest BCUT2D eigenvalue weighted by Crippen LogP contribution is -2.50. The van der Waals surface area contributed by atoms with Crippen molar-refractivity contribution in [3.05, 3.63) is 29.3 Å². The predicted octanol–water partition coefficient (Wildman–Crippen LogP) is 1.70. The molecule has 2 N–H and O–H groups in total. The van der Waals surface area contributed by atoms with Gasteiger partial charge in [-0.1, -0.05) is 0 Å². The Morgan fingerprint density at radius 2 is 2.12 bits per heavy atom. The van der Waals surface area contributed by atoms with E-state index in [1.165, 1.54) is 0 Å². The van der Waals surface area contributed by atoms with Crippen LogP contribution in [0.3, 0.4) is 0 Å². The van der Waals surface area contributed by atoms with Gasteiger partial charge in [0, 0.05) is 44.5 Å². The summed E-state index contributed by atoms with van der Waals surface area (Å²) in [6.45, 7) is 6.76. The number of hydrogen-bond acceptors (Lipinski definition) is 5. The number of hydrogen-bond donors (Lipinski definition) is 2. The van der Waals surface area contributed by atoms with Crippen molar-refractivity contribution in [1.82, 2.24) is 10.2 Å². The summed E-state index contributed by atoms with van der Waals surface area (Å²) in [5.41, 5.74) is 1.28. The summed E-state index contributed by atoms with van der Waals surface area (Å²) in [4.78, 5) is 14.7. The Kier molecular flexibility index (Phi) is 6.29. The Morgan fingerprint density at radius 3 is 2.88 bits per heavy atom. The topological polar surface area (TPSA) is 71.0 Å². The molecule has 0 aliphatic carbocycles. The van der Waals surface area contributed by atoms with Crippen molar-refractivity contribution in [1.29, 1.82) is 0 Å². The number of nitrogens with one attached hydrogen (secondary N) is 1. The summed E-state index contributed by atoms with van der Waals surface area (Å²) in [6.07, 6.45) is 3.17. The monoisotopic (exact) mass is 348 g/mol. The molecule has 6 nitrogen and oxygen atoms in total. The predicted molar refractivity (Wildman–Crippen MR) is 94.9 cm³/mol. The van der Waals surface area contributed by atoms with Crippen molar-refractivity contribution in [3.63, 3.8) is 0 Å². The molecule has 0 unspecified atom stereocenters. The molecule has 138 valence electrons. The van der Waals surface area contributed by atoms with Gasteiger partial charge < -0.3 is 19.9 Å². The number of phenolic OH excluding ortho intramolecular Hbond substituents is 1. The highest BCUT2D eigenvalue weighted by atomic mass is 16.5. The average molecular weight is 348 g/mol. The second kappa shape index (κ2) is 8.65. The fourth-order valence-electron chi connectivity index (χ4n) is 3.54. The number of nitrogens with zero attached hydrogens (tertiary/aromatic N) is 1. The van der Waals surface area contributed by atoms with E-state index in [0.29, 0.717) is 23.7 Å². The molecule has 2 saturated heterocycles.